The average molecular weight is 250 g/mol. The molecule has 0 aromatic heterocycles. The molecule has 1 amide bonds. The highest BCUT2D eigenvalue weighted by Crippen LogP contribution is 2.19. The molecule has 0 saturated heterocycles. The van der Waals surface area contributed by atoms with Gasteiger partial charge in [-0.3, -0.25) is 4.79 Å². The molecule has 0 atom stereocenters. The number of hydrogen-bond donors (Lipinski definition) is 2. The lowest BCUT2D eigenvalue weighted by Gasteiger charge is -2.12. The van der Waals surface area contributed by atoms with Crippen LogP contribution in [0.3, 0.4) is 0 Å². The van der Waals surface area contributed by atoms with Gasteiger partial charge in [-0.05, 0) is 18.9 Å². The number of carbonyl (C=O) groups is 1. The van der Waals surface area contributed by atoms with Crippen LogP contribution in [0, 0.1) is 12.8 Å². The Hall–Kier alpha value is -1.55. The Labute approximate surface area is 109 Å². The number of hydrogen-bond acceptors (Lipinski definition) is 3. The zero-order chi connectivity index (χ0) is 13.5. The molecule has 0 unspecified atom stereocenters. The molecule has 1 rings (SSSR count). The third kappa shape index (κ3) is 4.75. The minimum Gasteiger partial charge on any atom is -0.483 e. The largest absolute Gasteiger partial charge is 0.483 e. The number of nitrogens with two attached hydrogens (primary N) is 1. The molecule has 0 spiro atoms. The highest BCUT2D eigenvalue weighted by atomic mass is 16.5. The van der Waals surface area contributed by atoms with Gasteiger partial charge in [-0.2, -0.15) is 0 Å². The van der Waals surface area contributed by atoms with Crippen molar-refractivity contribution in [1.29, 1.82) is 0 Å². The first-order valence-corrected chi connectivity index (χ1v) is 6.22. The molecule has 0 aliphatic carbocycles. The number of ether oxygens (including phenoxy) is 1. The first-order valence-electron chi connectivity index (χ1n) is 6.22. The Bertz CT molecular complexity index is 403. The fourth-order valence-corrected chi connectivity index (χ4v) is 1.52. The summed E-state index contributed by atoms with van der Waals surface area (Å²) in [5.74, 6) is 1.02. The summed E-state index contributed by atoms with van der Waals surface area (Å²) >= 11 is 0. The molecule has 4 nitrogen and oxygen atoms in total. The second-order valence-corrected chi connectivity index (χ2v) is 4.80. The Balaban J connectivity index is 2.50. The summed E-state index contributed by atoms with van der Waals surface area (Å²) in [4.78, 5) is 11.5. The molecule has 0 saturated carbocycles. The molecule has 0 fully saturated rings. The van der Waals surface area contributed by atoms with E-state index < -0.39 is 0 Å². The van der Waals surface area contributed by atoms with Gasteiger partial charge in [-0.25, -0.2) is 0 Å². The second-order valence-electron chi connectivity index (χ2n) is 4.80. The van der Waals surface area contributed by atoms with Gasteiger partial charge in [0.1, 0.15) is 5.75 Å². The van der Waals surface area contributed by atoms with Crippen molar-refractivity contribution in [2.75, 3.05) is 13.2 Å². The first kappa shape index (κ1) is 14.5. The van der Waals surface area contributed by atoms with Crippen LogP contribution in [-0.4, -0.2) is 19.1 Å². The normalized spacial score (nSPS) is 10.5. The van der Waals surface area contributed by atoms with Gasteiger partial charge in [0.05, 0.1) is 0 Å². The standard InChI is InChI=1S/C14H22N2O2/c1-10(2)8-16-14(17)9-18-13-5-4-11(3)6-12(13)7-15/h4-6,10H,7-9,15H2,1-3H3,(H,16,17). The van der Waals surface area contributed by atoms with Gasteiger partial charge in [0, 0.05) is 18.7 Å². The zero-order valence-electron chi connectivity index (χ0n) is 11.3. The van der Waals surface area contributed by atoms with Crippen LogP contribution in [0.4, 0.5) is 0 Å². The third-order valence-electron chi connectivity index (χ3n) is 2.50. The van der Waals surface area contributed by atoms with E-state index in [1.807, 2.05) is 39.0 Å². The fourth-order valence-electron chi connectivity index (χ4n) is 1.52. The minimum atomic E-state index is -0.104. The number of carbonyl (C=O) groups excluding carboxylic acids is 1. The lowest BCUT2D eigenvalue weighted by Crippen LogP contribution is -2.31. The van der Waals surface area contributed by atoms with Crippen molar-refractivity contribution < 1.29 is 9.53 Å². The Morgan fingerprint density at radius 2 is 2.17 bits per heavy atom. The SMILES string of the molecule is Cc1ccc(OCC(=O)NCC(C)C)c(CN)c1. The lowest BCUT2D eigenvalue weighted by molar-refractivity contribution is -0.123. The summed E-state index contributed by atoms with van der Waals surface area (Å²) in [6.45, 7) is 7.20. The summed E-state index contributed by atoms with van der Waals surface area (Å²) in [6.07, 6.45) is 0. The number of amides is 1. The maximum atomic E-state index is 11.5. The number of benzene rings is 1. The van der Waals surface area contributed by atoms with Crippen LogP contribution in [0.2, 0.25) is 0 Å². The van der Waals surface area contributed by atoms with Crippen LogP contribution >= 0.6 is 0 Å². The number of rotatable bonds is 6. The molecule has 100 valence electrons. The van der Waals surface area contributed by atoms with Gasteiger partial charge in [0.25, 0.3) is 5.91 Å². The highest BCUT2D eigenvalue weighted by molar-refractivity contribution is 5.77. The molecule has 1 aromatic rings. The topological polar surface area (TPSA) is 64.3 Å². The van der Waals surface area contributed by atoms with E-state index in [4.69, 9.17) is 10.5 Å². The van der Waals surface area contributed by atoms with Crippen LogP contribution in [0.25, 0.3) is 0 Å². The zero-order valence-corrected chi connectivity index (χ0v) is 11.3. The molecule has 0 heterocycles. The van der Waals surface area contributed by atoms with E-state index in [0.717, 1.165) is 11.1 Å². The van der Waals surface area contributed by atoms with Gasteiger partial charge in [-0.15, -0.1) is 0 Å². The molecule has 0 aliphatic heterocycles. The first-order chi connectivity index (χ1) is 8.52. The lowest BCUT2D eigenvalue weighted by atomic mass is 10.1. The Morgan fingerprint density at radius 1 is 1.44 bits per heavy atom. The van der Waals surface area contributed by atoms with Crippen molar-refractivity contribution in [1.82, 2.24) is 5.32 Å². The van der Waals surface area contributed by atoms with Crippen molar-refractivity contribution in [2.45, 2.75) is 27.3 Å². The van der Waals surface area contributed by atoms with Crippen molar-refractivity contribution in [2.24, 2.45) is 11.7 Å². The van der Waals surface area contributed by atoms with Crippen molar-refractivity contribution >= 4 is 5.91 Å². The monoisotopic (exact) mass is 250 g/mol. The summed E-state index contributed by atoms with van der Waals surface area (Å²) in [7, 11) is 0. The minimum absolute atomic E-state index is 0.0305. The molecular weight excluding hydrogens is 228 g/mol. The van der Waals surface area contributed by atoms with Gasteiger partial charge in [0.15, 0.2) is 6.61 Å². The molecule has 0 aliphatic rings. The highest BCUT2D eigenvalue weighted by Gasteiger charge is 2.06. The summed E-state index contributed by atoms with van der Waals surface area (Å²) in [6, 6.07) is 5.77. The van der Waals surface area contributed by atoms with Gasteiger partial charge < -0.3 is 15.8 Å². The van der Waals surface area contributed by atoms with Crippen LogP contribution in [0.1, 0.15) is 25.0 Å². The molecule has 18 heavy (non-hydrogen) atoms. The van der Waals surface area contributed by atoms with Crippen LogP contribution in [0.15, 0.2) is 18.2 Å². The molecule has 0 bridgehead atoms. The van der Waals surface area contributed by atoms with Crippen LogP contribution in [0.5, 0.6) is 5.75 Å². The van der Waals surface area contributed by atoms with E-state index in [-0.39, 0.29) is 12.5 Å². The predicted molar refractivity (Wildman–Crippen MR) is 72.4 cm³/mol. The quantitative estimate of drug-likeness (QED) is 0.806. The predicted octanol–water partition coefficient (Wildman–Crippen LogP) is 1.60. The van der Waals surface area contributed by atoms with Gasteiger partial charge in [0.2, 0.25) is 0 Å². The Kier molecular flexibility index (Phi) is 5.65. The van der Waals surface area contributed by atoms with Gasteiger partial charge >= 0.3 is 0 Å². The van der Waals surface area contributed by atoms with E-state index in [1.165, 1.54) is 0 Å². The summed E-state index contributed by atoms with van der Waals surface area (Å²) in [5, 5.41) is 2.81. The van der Waals surface area contributed by atoms with Crippen molar-refractivity contribution in [3.05, 3.63) is 29.3 Å². The summed E-state index contributed by atoms with van der Waals surface area (Å²) < 4.78 is 5.49. The molecule has 4 heteroatoms. The van der Waals surface area contributed by atoms with Crippen molar-refractivity contribution in [3.8, 4) is 5.75 Å². The maximum absolute atomic E-state index is 11.5. The van der Waals surface area contributed by atoms with Crippen LogP contribution < -0.4 is 15.8 Å². The van der Waals surface area contributed by atoms with Gasteiger partial charge in [-0.1, -0.05) is 31.5 Å². The van der Waals surface area contributed by atoms with E-state index in [9.17, 15) is 4.79 Å². The van der Waals surface area contributed by atoms with E-state index in [2.05, 4.69) is 5.32 Å². The summed E-state index contributed by atoms with van der Waals surface area (Å²) in [5.41, 5.74) is 7.70. The fraction of sp³-hybridized carbons (Fsp3) is 0.500. The molecule has 0 radical (unpaired) electrons. The van der Waals surface area contributed by atoms with Crippen molar-refractivity contribution in [3.63, 3.8) is 0 Å². The average Bonchev–Trinajstić information content (AvgIpc) is 2.34. The third-order valence-corrected chi connectivity index (χ3v) is 2.50. The maximum Gasteiger partial charge on any atom is 0.257 e. The number of nitrogens with one attached hydrogen (secondary N) is 1. The smallest absolute Gasteiger partial charge is 0.257 e. The van der Waals surface area contributed by atoms with E-state index in [0.29, 0.717) is 24.8 Å². The molecular formula is C14H22N2O2. The van der Waals surface area contributed by atoms with Crippen LogP contribution in [-0.2, 0) is 11.3 Å². The van der Waals surface area contributed by atoms with E-state index in [1.54, 1.807) is 0 Å². The van der Waals surface area contributed by atoms with E-state index >= 15 is 0 Å². The molecule has 3 N–H and O–H groups in total. The second kappa shape index (κ2) is 7.01. The number of aryl methyl sites for hydroxylation is 1. The molecule has 1 aromatic carbocycles. The Morgan fingerprint density at radius 3 is 2.78 bits per heavy atom.